The Morgan fingerprint density at radius 2 is 2.11 bits per heavy atom. The van der Waals surface area contributed by atoms with Gasteiger partial charge in [-0.25, -0.2) is 13.1 Å². The van der Waals surface area contributed by atoms with E-state index in [1.54, 1.807) is 19.3 Å². The molecule has 1 aliphatic rings. The van der Waals surface area contributed by atoms with Gasteiger partial charge in [-0.2, -0.15) is 0 Å². The quantitative estimate of drug-likeness (QED) is 0.891. The number of hydrogen-bond acceptors (Lipinski definition) is 3. The van der Waals surface area contributed by atoms with Crippen LogP contribution in [0.5, 0.6) is 0 Å². The summed E-state index contributed by atoms with van der Waals surface area (Å²) in [5, 5.41) is 0. The first-order valence-electron chi connectivity index (χ1n) is 6.62. The van der Waals surface area contributed by atoms with Crippen molar-refractivity contribution >= 4 is 26.0 Å². The summed E-state index contributed by atoms with van der Waals surface area (Å²) in [6.07, 6.45) is 7.97. The third kappa shape index (κ3) is 4.00. The molecule has 1 saturated carbocycles. The molecule has 1 heterocycles. The monoisotopic (exact) mass is 346 g/mol. The molecular weight excluding hydrogens is 328 g/mol. The molecule has 1 fully saturated rings. The van der Waals surface area contributed by atoms with Crippen LogP contribution >= 0.6 is 15.9 Å². The summed E-state index contributed by atoms with van der Waals surface area (Å²) >= 11 is 3.40. The largest absolute Gasteiger partial charge is 0.263 e. The van der Waals surface area contributed by atoms with Crippen molar-refractivity contribution in [3.8, 4) is 0 Å². The summed E-state index contributed by atoms with van der Waals surface area (Å²) in [5.41, 5.74) is 0.943. The van der Waals surface area contributed by atoms with Crippen molar-refractivity contribution in [2.75, 3.05) is 5.75 Å². The normalized spacial score (nSPS) is 18.6. The van der Waals surface area contributed by atoms with Gasteiger partial charge >= 0.3 is 0 Å². The lowest BCUT2D eigenvalue weighted by Crippen LogP contribution is -2.33. The number of pyridine rings is 1. The highest BCUT2D eigenvalue weighted by Gasteiger charge is 2.29. The first-order chi connectivity index (χ1) is 9.02. The minimum atomic E-state index is -3.21. The van der Waals surface area contributed by atoms with Gasteiger partial charge in [-0.15, -0.1) is 0 Å². The predicted octanol–water partition coefficient (Wildman–Crippen LogP) is 3.01. The molecule has 0 amide bonds. The van der Waals surface area contributed by atoms with Crippen molar-refractivity contribution in [3.63, 3.8) is 0 Å². The lowest BCUT2D eigenvalue weighted by Gasteiger charge is -2.24. The third-order valence-electron chi connectivity index (χ3n) is 3.64. The van der Waals surface area contributed by atoms with E-state index >= 15 is 0 Å². The van der Waals surface area contributed by atoms with Gasteiger partial charge in [0.2, 0.25) is 10.0 Å². The van der Waals surface area contributed by atoms with Crippen LogP contribution in [0, 0.1) is 5.92 Å². The Morgan fingerprint density at radius 1 is 1.42 bits per heavy atom. The fourth-order valence-electron chi connectivity index (χ4n) is 2.60. The minimum absolute atomic E-state index is 0.109. The van der Waals surface area contributed by atoms with E-state index in [-0.39, 0.29) is 11.8 Å². The average molecular weight is 347 g/mol. The topological polar surface area (TPSA) is 59.1 Å². The Morgan fingerprint density at radius 3 is 2.68 bits per heavy atom. The predicted molar refractivity (Wildman–Crippen MR) is 79.2 cm³/mol. The highest BCUT2D eigenvalue weighted by molar-refractivity contribution is 9.10. The molecule has 2 rings (SSSR count). The maximum absolute atomic E-state index is 11.9. The fourth-order valence-corrected chi connectivity index (χ4v) is 3.87. The molecule has 4 nitrogen and oxygen atoms in total. The molecule has 0 saturated heterocycles. The van der Waals surface area contributed by atoms with Crippen molar-refractivity contribution in [2.45, 2.75) is 38.6 Å². The van der Waals surface area contributed by atoms with Crippen molar-refractivity contribution in [2.24, 2.45) is 5.92 Å². The van der Waals surface area contributed by atoms with E-state index in [9.17, 15) is 8.42 Å². The van der Waals surface area contributed by atoms with Crippen molar-refractivity contribution < 1.29 is 8.42 Å². The maximum Gasteiger partial charge on any atom is 0.211 e. The Balaban J connectivity index is 2.28. The van der Waals surface area contributed by atoms with Crippen molar-refractivity contribution in [1.82, 2.24) is 9.71 Å². The van der Waals surface area contributed by atoms with Gasteiger partial charge in [0.25, 0.3) is 0 Å². The summed E-state index contributed by atoms with van der Waals surface area (Å²) in [6.45, 7) is 1.66. The van der Waals surface area contributed by atoms with Crippen molar-refractivity contribution in [3.05, 3.63) is 28.5 Å². The van der Waals surface area contributed by atoms with Gasteiger partial charge in [0.1, 0.15) is 0 Å². The SMILES string of the molecule is CCS(=O)(=O)NC(c1cncc(Br)c1)C1CCCC1. The van der Waals surface area contributed by atoms with Gasteiger partial charge in [-0.1, -0.05) is 12.8 Å². The molecule has 1 aliphatic carbocycles. The minimum Gasteiger partial charge on any atom is -0.263 e. The summed E-state index contributed by atoms with van der Waals surface area (Å²) < 4.78 is 27.5. The van der Waals surface area contributed by atoms with Gasteiger partial charge in [0.05, 0.1) is 11.8 Å². The molecule has 1 aromatic heterocycles. The second-order valence-corrected chi connectivity index (χ2v) is 7.94. The molecule has 106 valence electrons. The summed E-state index contributed by atoms with van der Waals surface area (Å²) in [7, 11) is -3.21. The molecule has 0 radical (unpaired) electrons. The van der Waals surface area contributed by atoms with Gasteiger partial charge in [0.15, 0.2) is 0 Å². The lowest BCUT2D eigenvalue weighted by atomic mass is 9.94. The zero-order chi connectivity index (χ0) is 13.9. The van der Waals surface area contributed by atoms with E-state index in [0.29, 0.717) is 5.92 Å². The van der Waals surface area contributed by atoms with Crippen molar-refractivity contribution in [1.29, 1.82) is 0 Å². The number of aromatic nitrogens is 1. The number of hydrogen-bond donors (Lipinski definition) is 1. The Hall–Kier alpha value is -0.460. The molecule has 1 N–H and O–H groups in total. The highest BCUT2D eigenvalue weighted by atomic mass is 79.9. The Labute approximate surface area is 123 Å². The van der Waals surface area contributed by atoms with E-state index in [0.717, 1.165) is 22.9 Å². The second kappa shape index (κ2) is 6.33. The Kier molecular flexibility index (Phi) is 4.97. The second-order valence-electron chi connectivity index (χ2n) is 4.98. The molecule has 0 bridgehead atoms. The molecule has 1 atom stereocenters. The molecule has 6 heteroatoms. The van der Waals surface area contributed by atoms with Gasteiger partial charge in [-0.3, -0.25) is 4.98 Å². The van der Waals surface area contributed by atoms with Crippen LogP contribution in [0.4, 0.5) is 0 Å². The first kappa shape index (κ1) is 14.9. The zero-order valence-electron chi connectivity index (χ0n) is 11.0. The van der Waals surface area contributed by atoms with Crippen LogP contribution in [-0.2, 0) is 10.0 Å². The van der Waals surface area contributed by atoms with Crippen LogP contribution in [0.15, 0.2) is 22.9 Å². The van der Waals surface area contributed by atoms with E-state index < -0.39 is 10.0 Å². The van der Waals surface area contributed by atoms with E-state index in [2.05, 4.69) is 25.6 Å². The van der Waals surface area contributed by atoms with Crippen LogP contribution in [0.1, 0.15) is 44.2 Å². The fraction of sp³-hybridized carbons (Fsp3) is 0.615. The lowest BCUT2D eigenvalue weighted by molar-refractivity contribution is 0.410. The molecule has 0 aliphatic heterocycles. The molecular formula is C13H19BrN2O2S. The number of nitrogens with one attached hydrogen (secondary N) is 1. The summed E-state index contributed by atoms with van der Waals surface area (Å²) in [5.74, 6) is 0.481. The number of rotatable bonds is 5. The van der Waals surface area contributed by atoms with Crippen LogP contribution in [-0.4, -0.2) is 19.2 Å². The van der Waals surface area contributed by atoms with Crippen LogP contribution in [0.3, 0.4) is 0 Å². The summed E-state index contributed by atoms with van der Waals surface area (Å²) in [6, 6.07) is 1.80. The zero-order valence-corrected chi connectivity index (χ0v) is 13.4. The van der Waals surface area contributed by atoms with Gasteiger partial charge in [0, 0.05) is 16.9 Å². The third-order valence-corrected chi connectivity index (χ3v) is 5.45. The summed E-state index contributed by atoms with van der Waals surface area (Å²) in [4.78, 5) is 4.15. The number of nitrogens with zero attached hydrogens (tertiary/aromatic N) is 1. The van der Waals surface area contributed by atoms with E-state index in [1.165, 1.54) is 12.8 Å². The van der Waals surface area contributed by atoms with Crippen LogP contribution in [0.25, 0.3) is 0 Å². The maximum atomic E-state index is 11.9. The molecule has 1 unspecified atom stereocenters. The van der Waals surface area contributed by atoms with E-state index in [1.807, 2.05) is 6.07 Å². The molecule has 0 aromatic carbocycles. The van der Waals surface area contributed by atoms with E-state index in [4.69, 9.17) is 0 Å². The number of halogens is 1. The molecule has 19 heavy (non-hydrogen) atoms. The smallest absolute Gasteiger partial charge is 0.211 e. The highest BCUT2D eigenvalue weighted by Crippen LogP contribution is 2.36. The first-order valence-corrected chi connectivity index (χ1v) is 9.07. The Bertz CT molecular complexity index is 527. The average Bonchev–Trinajstić information content (AvgIpc) is 2.90. The van der Waals surface area contributed by atoms with Crippen LogP contribution < -0.4 is 4.72 Å². The van der Waals surface area contributed by atoms with Gasteiger partial charge < -0.3 is 0 Å². The number of sulfonamides is 1. The molecule has 0 spiro atoms. The van der Waals surface area contributed by atoms with Crippen LogP contribution in [0.2, 0.25) is 0 Å². The van der Waals surface area contributed by atoms with Gasteiger partial charge in [-0.05, 0) is 53.2 Å². The standard InChI is InChI=1S/C13H19BrN2O2S/c1-2-19(17,18)16-13(10-5-3-4-6-10)11-7-12(14)9-15-8-11/h7-10,13,16H,2-6H2,1H3. The molecule has 1 aromatic rings.